The van der Waals surface area contributed by atoms with Crippen LogP contribution in [0.3, 0.4) is 0 Å². The molecule has 1 N–H and O–H groups in total. The van der Waals surface area contributed by atoms with Crippen LogP contribution in [0.2, 0.25) is 0 Å². The SMILES string of the molecule is CCCCCCCN1CCCC1.O=S(=O)(O)C(F)(F)C(F)(F)C(F)(F)C(F)(F)F. The van der Waals surface area contributed by atoms with Crippen molar-refractivity contribution in [2.75, 3.05) is 19.6 Å². The summed E-state index contributed by atoms with van der Waals surface area (Å²) in [5, 5.41) is -7.00. The Labute approximate surface area is 163 Å². The lowest BCUT2D eigenvalue weighted by Crippen LogP contribution is -2.63. The quantitative estimate of drug-likeness (QED) is 0.281. The number of rotatable bonds is 9. The van der Waals surface area contributed by atoms with Crippen molar-refractivity contribution in [1.29, 1.82) is 0 Å². The molecule has 1 aliphatic rings. The molecule has 0 radical (unpaired) electrons. The van der Waals surface area contributed by atoms with Crippen LogP contribution in [-0.2, 0) is 10.1 Å². The second-order valence-electron chi connectivity index (χ2n) is 6.60. The van der Waals surface area contributed by atoms with Crippen LogP contribution in [0.25, 0.3) is 0 Å². The first-order valence-electron chi connectivity index (χ1n) is 8.83. The molecule has 1 rings (SSSR count). The topological polar surface area (TPSA) is 57.6 Å². The second kappa shape index (κ2) is 10.5. The average Bonchev–Trinajstić information content (AvgIpc) is 3.06. The fourth-order valence-corrected chi connectivity index (χ4v) is 2.92. The van der Waals surface area contributed by atoms with E-state index in [-0.39, 0.29) is 0 Å². The Morgan fingerprint density at radius 2 is 1.24 bits per heavy atom. The number of unbranched alkanes of at least 4 members (excludes halogenated alkanes) is 4. The highest BCUT2D eigenvalue weighted by atomic mass is 32.2. The summed E-state index contributed by atoms with van der Waals surface area (Å²) in [5.41, 5.74) is 0. The first kappa shape index (κ1) is 28.2. The summed E-state index contributed by atoms with van der Waals surface area (Å²) in [6, 6.07) is 0. The lowest BCUT2D eigenvalue weighted by atomic mass is 10.1. The zero-order valence-corrected chi connectivity index (χ0v) is 16.4. The van der Waals surface area contributed by atoms with Gasteiger partial charge >= 0.3 is 33.4 Å². The number of hydrogen-bond donors (Lipinski definition) is 1. The number of alkyl halides is 9. The summed E-state index contributed by atoms with van der Waals surface area (Å²) in [5.74, 6) is -14.7. The van der Waals surface area contributed by atoms with E-state index in [1.54, 1.807) is 0 Å². The van der Waals surface area contributed by atoms with Gasteiger partial charge in [0.05, 0.1) is 0 Å². The zero-order valence-electron chi connectivity index (χ0n) is 15.6. The Bertz CT molecular complexity index is 588. The van der Waals surface area contributed by atoms with Crippen molar-refractivity contribution >= 4 is 10.1 Å². The first-order valence-corrected chi connectivity index (χ1v) is 10.3. The summed E-state index contributed by atoms with van der Waals surface area (Å²) < 4.78 is 134. The van der Waals surface area contributed by atoms with E-state index in [0.717, 1.165) is 0 Å². The van der Waals surface area contributed by atoms with Crippen molar-refractivity contribution in [2.24, 2.45) is 0 Å². The van der Waals surface area contributed by atoms with E-state index in [1.807, 2.05) is 0 Å². The minimum Gasteiger partial charge on any atom is -0.303 e. The van der Waals surface area contributed by atoms with Gasteiger partial charge in [-0.3, -0.25) is 4.55 Å². The van der Waals surface area contributed by atoms with Crippen LogP contribution in [0.15, 0.2) is 0 Å². The summed E-state index contributed by atoms with van der Waals surface area (Å²) in [7, 11) is -7.17. The van der Waals surface area contributed by atoms with E-state index in [9.17, 15) is 47.9 Å². The molecule has 0 spiro atoms. The molecule has 0 aromatic heterocycles. The number of nitrogens with zero attached hydrogens (tertiary/aromatic N) is 1. The molecule has 14 heteroatoms. The first-order chi connectivity index (χ1) is 12.9. The van der Waals surface area contributed by atoms with E-state index < -0.39 is 33.4 Å². The van der Waals surface area contributed by atoms with Crippen LogP contribution in [0.4, 0.5) is 39.5 Å². The maximum atomic E-state index is 12.2. The molecule has 0 saturated carbocycles. The minimum absolute atomic E-state index is 1.36. The lowest BCUT2D eigenvalue weighted by Gasteiger charge is -2.31. The molecule has 1 aliphatic heterocycles. The largest absolute Gasteiger partial charge is 0.460 e. The second-order valence-corrected chi connectivity index (χ2v) is 8.06. The van der Waals surface area contributed by atoms with Crippen LogP contribution in [0, 0.1) is 0 Å². The van der Waals surface area contributed by atoms with Gasteiger partial charge in [0.2, 0.25) is 0 Å². The summed E-state index contributed by atoms with van der Waals surface area (Å²) in [6.07, 6.45) is 2.87. The molecule has 1 heterocycles. The van der Waals surface area contributed by atoms with Crippen LogP contribution in [-0.4, -0.2) is 60.8 Å². The van der Waals surface area contributed by atoms with Crippen LogP contribution in [0.1, 0.15) is 51.9 Å². The Balaban J connectivity index is 0.000000571. The van der Waals surface area contributed by atoms with Crippen molar-refractivity contribution in [3.8, 4) is 0 Å². The van der Waals surface area contributed by atoms with Gasteiger partial charge in [-0.1, -0.05) is 32.6 Å². The number of hydrogen-bond acceptors (Lipinski definition) is 3. The van der Waals surface area contributed by atoms with Gasteiger partial charge in [0.1, 0.15) is 0 Å². The number of halogens is 9. The van der Waals surface area contributed by atoms with Crippen molar-refractivity contribution in [3.05, 3.63) is 0 Å². The van der Waals surface area contributed by atoms with Crippen LogP contribution < -0.4 is 0 Å². The van der Waals surface area contributed by atoms with Crippen LogP contribution in [0.5, 0.6) is 0 Å². The molecule has 0 unspecified atom stereocenters. The fraction of sp³-hybridized carbons (Fsp3) is 1.00. The third-order valence-electron chi connectivity index (χ3n) is 4.22. The lowest BCUT2D eigenvalue weighted by molar-refractivity contribution is -0.382. The molecule has 1 saturated heterocycles. The van der Waals surface area contributed by atoms with Crippen molar-refractivity contribution in [2.45, 2.75) is 75.1 Å². The van der Waals surface area contributed by atoms with Crippen molar-refractivity contribution < 1.29 is 52.5 Å². The van der Waals surface area contributed by atoms with Gasteiger partial charge in [-0.25, -0.2) is 0 Å². The van der Waals surface area contributed by atoms with E-state index >= 15 is 0 Å². The predicted molar refractivity (Wildman–Crippen MR) is 86.9 cm³/mol. The normalized spacial score (nSPS) is 17.2. The highest BCUT2D eigenvalue weighted by molar-refractivity contribution is 7.87. The standard InChI is InChI=1S/C11H23N.C4HF9O3S/c1-2-3-4-5-6-9-12-10-7-8-11-12;5-1(6,3(9,10)11)2(7,8)4(12,13)17(14,15)16/h2-11H2,1H3;(H,14,15,16). The molecule has 0 atom stereocenters. The highest BCUT2D eigenvalue weighted by Gasteiger charge is 2.85. The smallest absolute Gasteiger partial charge is 0.303 e. The van der Waals surface area contributed by atoms with Crippen LogP contribution >= 0.6 is 0 Å². The van der Waals surface area contributed by atoms with Gasteiger partial charge in [-0.15, -0.1) is 0 Å². The molecule has 0 aromatic rings. The molecule has 1 fully saturated rings. The molecule has 0 amide bonds. The molecular weight excluding hydrogens is 445 g/mol. The predicted octanol–water partition coefficient (Wildman–Crippen LogP) is 5.35. The summed E-state index contributed by atoms with van der Waals surface area (Å²) >= 11 is 0. The molecule has 176 valence electrons. The Morgan fingerprint density at radius 1 is 0.793 bits per heavy atom. The molecule has 0 aromatic carbocycles. The van der Waals surface area contributed by atoms with Gasteiger partial charge in [0.15, 0.2) is 0 Å². The monoisotopic (exact) mass is 469 g/mol. The molecular formula is C15H24F9NO3S. The fourth-order valence-electron chi connectivity index (χ4n) is 2.47. The molecule has 0 bridgehead atoms. The van der Waals surface area contributed by atoms with E-state index in [0.29, 0.717) is 0 Å². The Kier molecular flexibility index (Phi) is 10.2. The number of likely N-dealkylation sites (tertiary alicyclic amines) is 1. The van der Waals surface area contributed by atoms with E-state index in [4.69, 9.17) is 4.55 Å². The molecule has 0 aliphatic carbocycles. The average molecular weight is 469 g/mol. The van der Waals surface area contributed by atoms with Gasteiger partial charge < -0.3 is 4.90 Å². The minimum atomic E-state index is -7.37. The van der Waals surface area contributed by atoms with E-state index in [1.165, 1.54) is 64.6 Å². The maximum absolute atomic E-state index is 12.2. The summed E-state index contributed by atoms with van der Waals surface area (Å²) in [6.45, 7) is 6.38. The molecule has 29 heavy (non-hydrogen) atoms. The van der Waals surface area contributed by atoms with Gasteiger partial charge in [0.25, 0.3) is 0 Å². The third kappa shape index (κ3) is 7.16. The van der Waals surface area contributed by atoms with E-state index in [2.05, 4.69) is 11.8 Å². The van der Waals surface area contributed by atoms with Crippen molar-refractivity contribution in [3.63, 3.8) is 0 Å². The van der Waals surface area contributed by atoms with Gasteiger partial charge in [0, 0.05) is 0 Å². The molecule has 4 nitrogen and oxygen atoms in total. The Morgan fingerprint density at radius 3 is 1.62 bits per heavy atom. The zero-order chi connectivity index (χ0) is 23.1. The Hall–Kier alpha value is -0.760. The van der Waals surface area contributed by atoms with Gasteiger partial charge in [-0.2, -0.15) is 47.9 Å². The van der Waals surface area contributed by atoms with Crippen molar-refractivity contribution in [1.82, 2.24) is 4.90 Å². The van der Waals surface area contributed by atoms with Gasteiger partial charge in [-0.05, 0) is 38.9 Å². The third-order valence-corrected chi connectivity index (χ3v) is 5.12. The summed E-state index contributed by atoms with van der Waals surface area (Å²) in [4.78, 5) is 2.62. The highest BCUT2D eigenvalue weighted by Crippen LogP contribution is 2.54. The maximum Gasteiger partial charge on any atom is 0.460 e.